The zero-order chi connectivity index (χ0) is 22.2. The van der Waals surface area contributed by atoms with Crippen molar-refractivity contribution in [1.82, 2.24) is 18.8 Å². The van der Waals surface area contributed by atoms with Crippen molar-refractivity contribution >= 4 is 15.9 Å². The molecule has 7 nitrogen and oxygen atoms in total. The van der Waals surface area contributed by atoms with Gasteiger partial charge in [0.2, 0.25) is 10.0 Å². The summed E-state index contributed by atoms with van der Waals surface area (Å²) < 4.78 is 42.5. The van der Waals surface area contributed by atoms with Crippen molar-refractivity contribution in [1.29, 1.82) is 0 Å². The van der Waals surface area contributed by atoms with Gasteiger partial charge in [0, 0.05) is 31.9 Å². The highest BCUT2D eigenvalue weighted by molar-refractivity contribution is 7.89. The summed E-state index contributed by atoms with van der Waals surface area (Å²) in [5, 5.41) is 0. The van der Waals surface area contributed by atoms with Gasteiger partial charge in [-0.1, -0.05) is 12.1 Å². The first-order valence-corrected chi connectivity index (χ1v) is 11.4. The molecule has 0 spiro atoms. The Bertz CT molecular complexity index is 1210. The number of halogens is 1. The molecule has 31 heavy (non-hydrogen) atoms. The van der Waals surface area contributed by atoms with Gasteiger partial charge in [-0.2, -0.15) is 4.31 Å². The van der Waals surface area contributed by atoms with E-state index in [0.717, 1.165) is 5.56 Å². The van der Waals surface area contributed by atoms with Crippen LogP contribution in [-0.2, 0) is 10.0 Å². The van der Waals surface area contributed by atoms with Crippen LogP contribution in [0, 0.1) is 19.7 Å². The molecule has 2 heterocycles. The number of aromatic nitrogens is 2. The molecule has 1 fully saturated rings. The van der Waals surface area contributed by atoms with Gasteiger partial charge in [-0.05, 0) is 55.3 Å². The van der Waals surface area contributed by atoms with Gasteiger partial charge in [0.15, 0.2) is 0 Å². The minimum Gasteiger partial charge on any atom is -0.335 e. The molecule has 2 aromatic carbocycles. The predicted molar refractivity (Wildman–Crippen MR) is 114 cm³/mol. The Hall–Kier alpha value is -3.04. The number of carbonyl (C=O) groups is 1. The summed E-state index contributed by atoms with van der Waals surface area (Å²) in [6, 6.07) is 11.2. The maximum atomic E-state index is 13.2. The Labute approximate surface area is 180 Å². The minimum atomic E-state index is -3.63. The maximum Gasteiger partial charge on any atom is 0.272 e. The van der Waals surface area contributed by atoms with E-state index >= 15 is 0 Å². The van der Waals surface area contributed by atoms with E-state index in [2.05, 4.69) is 4.98 Å². The van der Waals surface area contributed by atoms with Gasteiger partial charge in [-0.15, -0.1) is 0 Å². The number of hydrogen-bond acceptors (Lipinski definition) is 4. The second kappa shape index (κ2) is 8.24. The van der Waals surface area contributed by atoms with Crippen LogP contribution in [-0.4, -0.2) is 59.3 Å². The average molecular weight is 443 g/mol. The van der Waals surface area contributed by atoms with Crippen LogP contribution in [0.15, 0.2) is 59.9 Å². The number of piperazine rings is 1. The van der Waals surface area contributed by atoms with Crippen molar-refractivity contribution < 1.29 is 17.6 Å². The van der Waals surface area contributed by atoms with Crippen molar-refractivity contribution in [2.45, 2.75) is 18.7 Å². The highest BCUT2D eigenvalue weighted by Crippen LogP contribution is 2.23. The number of benzene rings is 2. The summed E-state index contributed by atoms with van der Waals surface area (Å²) in [5.41, 5.74) is 2.55. The number of imidazole rings is 1. The molecule has 9 heteroatoms. The van der Waals surface area contributed by atoms with Gasteiger partial charge >= 0.3 is 0 Å². The SMILES string of the molecule is Cc1ccc(C)c(S(=O)(=O)N2CCN(C(=O)c3cncn3-c3ccc(F)cc3)CC2)c1. The summed E-state index contributed by atoms with van der Waals surface area (Å²) in [7, 11) is -3.63. The normalized spacial score (nSPS) is 15.3. The van der Waals surface area contributed by atoms with E-state index in [0.29, 0.717) is 21.8 Å². The third kappa shape index (κ3) is 4.11. The molecule has 0 aliphatic carbocycles. The Morgan fingerprint density at radius 3 is 2.35 bits per heavy atom. The van der Waals surface area contributed by atoms with Crippen molar-refractivity contribution in [3.05, 3.63) is 77.6 Å². The van der Waals surface area contributed by atoms with Crippen molar-refractivity contribution in [2.24, 2.45) is 0 Å². The molecule has 0 atom stereocenters. The van der Waals surface area contributed by atoms with Crippen LogP contribution in [0.2, 0.25) is 0 Å². The second-order valence-corrected chi connectivity index (χ2v) is 9.50. The van der Waals surface area contributed by atoms with Gasteiger partial charge in [-0.25, -0.2) is 17.8 Å². The lowest BCUT2D eigenvalue weighted by Gasteiger charge is -2.34. The smallest absolute Gasteiger partial charge is 0.272 e. The monoisotopic (exact) mass is 442 g/mol. The molecule has 0 saturated carbocycles. The van der Waals surface area contributed by atoms with Crippen LogP contribution >= 0.6 is 0 Å². The zero-order valence-electron chi connectivity index (χ0n) is 17.3. The van der Waals surface area contributed by atoms with Crippen molar-refractivity contribution in [3.63, 3.8) is 0 Å². The average Bonchev–Trinajstić information content (AvgIpc) is 3.25. The van der Waals surface area contributed by atoms with Gasteiger partial charge in [-0.3, -0.25) is 9.36 Å². The van der Waals surface area contributed by atoms with E-state index in [1.54, 1.807) is 40.7 Å². The van der Waals surface area contributed by atoms with Crippen LogP contribution in [0.4, 0.5) is 4.39 Å². The third-order valence-corrected chi connectivity index (χ3v) is 7.49. The highest BCUT2D eigenvalue weighted by atomic mass is 32.2. The molecule has 0 radical (unpaired) electrons. The lowest BCUT2D eigenvalue weighted by atomic mass is 10.2. The van der Waals surface area contributed by atoms with Crippen LogP contribution in [0.1, 0.15) is 21.6 Å². The largest absolute Gasteiger partial charge is 0.335 e. The van der Waals surface area contributed by atoms with Crippen LogP contribution in [0.5, 0.6) is 0 Å². The number of nitrogens with zero attached hydrogens (tertiary/aromatic N) is 4. The Morgan fingerprint density at radius 1 is 1.00 bits per heavy atom. The lowest BCUT2D eigenvalue weighted by molar-refractivity contribution is 0.0689. The van der Waals surface area contributed by atoms with E-state index in [1.807, 2.05) is 13.0 Å². The zero-order valence-corrected chi connectivity index (χ0v) is 18.1. The first kappa shape index (κ1) is 21.2. The standard InChI is InChI=1S/C22H23FN4O3S/c1-16-3-4-17(2)21(13-16)31(29,30)26-11-9-25(10-12-26)22(28)20-14-24-15-27(20)19-7-5-18(23)6-8-19/h3-8,13-15H,9-12H2,1-2H3. The molecule has 3 aromatic rings. The molecule has 1 aromatic heterocycles. The summed E-state index contributed by atoms with van der Waals surface area (Å²) in [6.07, 6.45) is 2.96. The number of sulfonamides is 1. The molecule has 162 valence electrons. The summed E-state index contributed by atoms with van der Waals surface area (Å²) in [6.45, 7) is 4.62. The topological polar surface area (TPSA) is 75.5 Å². The maximum absolute atomic E-state index is 13.2. The molecule has 1 saturated heterocycles. The van der Waals surface area contributed by atoms with Crippen molar-refractivity contribution in [2.75, 3.05) is 26.2 Å². The molecule has 0 unspecified atom stereocenters. The highest BCUT2D eigenvalue weighted by Gasteiger charge is 2.32. The first-order chi connectivity index (χ1) is 14.8. The number of hydrogen-bond donors (Lipinski definition) is 0. The van der Waals surface area contributed by atoms with Gasteiger partial charge in [0.25, 0.3) is 5.91 Å². The van der Waals surface area contributed by atoms with Crippen LogP contribution < -0.4 is 0 Å². The van der Waals surface area contributed by atoms with E-state index in [1.165, 1.54) is 29.0 Å². The van der Waals surface area contributed by atoms with E-state index in [9.17, 15) is 17.6 Å². The molecule has 1 aliphatic heterocycles. The molecule has 4 rings (SSSR count). The molecule has 1 aliphatic rings. The minimum absolute atomic E-state index is 0.214. The predicted octanol–water partition coefficient (Wildman–Crippen LogP) is 2.77. The third-order valence-electron chi connectivity index (χ3n) is 5.45. The summed E-state index contributed by atoms with van der Waals surface area (Å²) >= 11 is 0. The summed E-state index contributed by atoms with van der Waals surface area (Å²) in [4.78, 5) is 19.1. The lowest BCUT2D eigenvalue weighted by Crippen LogP contribution is -2.50. The van der Waals surface area contributed by atoms with E-state index in [4.69, 9.17) is 0 Å². The second-order valence-electron chi connectivity index (χ2n) is 7.59. The van der Waals surface area contributed by atoms with Gasteiger partial charge in [0.05, 0.1) is 17.4 Å². The van der Waals surface area contributed by atoms with Crippen molar-refractivity contribution in [3.8, 4) is 5.69 Å². The van der Waals surface area contributed by atoms with Gasteiger partial charge in [0.1, 0.15) is 11.5 Å². The molecular weight excluding hydrogens is 419 g/mol. The fraction of sp³-hybridized carbons (Fsp3) is 0.273. The Morgan fingerprint density at radius 2 is 1.68 bits per heavy atom. The number of carbonyl (C=O) groups excluding carboxylic acids is 1. The first-order valence-electron chi connectivity index (χ1n) is 9.92. The fourth-order valence-corrected chi connectivity index (χ4v) is 5.41. The Balaban J connectivity index is 1.50. The Kier molecular flexibility index (Phi) is 5.63. The number of rotatable bonds is 4. The molecular formula is C22H23FN4O3S. The fourth-order valence-electron chi connectivity index (χ4n) is 3.68. The quantitative estimate of drug-likeness (QED) is 0.623. The van der Waals surface area contributed by atoms with Crippen LogP contribution in [0.25, 0.3) is 5.69 Å². The molecule has 0 N–H and O–H groups in total. The summed E-state index contributed by atoms with van der Waals surface area (Å²) in [5.74, 6) is -0.608. The molecule has 1 amide bonds. The number of amides is 1. The number of aryl methyl sites for hydroxylation is 2. The van der Waals surface area contributed by atoms with Gasteiger partial charge < -0.3 is 4.90 Å². The van der Waals surface area contributed by atoms with E-state index < -0.39 is 10.0 Å². The van der Waals surface area contributed by atoms with E-state index in [-0.39, 0.29) is 37.9 Å². The van der Waals surface area contributed by atoms with Crippen LogP contribution in [0.3, 0.4) is 0 Å². The molecule has 0 bridgehead atoms.